The van der Waals surface area contributed by atoms with Crippen molar-refractivity contribution < 1.29 is 37.1 Å². The summed E-state index contributed by atoms with van der Waals surface area (Å²) >= 11 is 0. The maximum atomic E-state index is 14.2. The lowest BCUT2D eigenvalue weighted by Gasteiger charge is -2.44. The van der Waals surface area contributed by atoms with Crippen molar-refractivity contribution in [3.63, 3.8) is 0 Å². The van der Waals surface area contributed by atoms with E-state index in [0.717, 1.165) is 36.4 Å². The van der Waals surface area contributed by atoms with Crippen LogP contribution in [0.5, 0.6) is 0 Å². The highest BCUT2D eigenvalue weighted by Crippen LogP contribution is 2.41. The number of likely N-dealkylation sites (tertiary alicyclic amines) is 1. The van der Waals surface area contributed by atoms with Gasteiger partial charge >= 0.3 is 12.3 Å². The highest BCUT2D eigenvalue weighted by atomic mass is 19.4. The molecule has 4 saturated heterocycles. The maximum Gasteiger partial charge on any atom is 0.410 e. The quantitative estimate of drug-likeness (QED) is 0.500. The Morgan fingerprint density at radius 3 is 2.35 bits per heavy atom. The summed E-state index contributed by atoms with van der Waals surface area (Å²) in [6, 6.07) is 7.55. The third-order valence-electron chi connectivity index (χ3n) is 10.5. The molecule has 1 saturated carbocycles. The van der Waals surface area contributed by atoms with Crippen LogP contribution in [0.15, 0.2) is 30.3 Å². The van der Waals surface area contributed by atoms with E-state index in [0.29, 0.717) is 42.8 Å². The zero-order chi connectivity index (χ0) is 34.4. The number of rotatable bonds is 4. The fourth-order valence-corrected chi connectivity index (χ4v) is 7.99. The Morgan fingerprint density at radius 2 is 1.69 bits per heavy atom. The second-order valence-electron chi connectivity index (χ2n) is 14.7. The average molecular weight is 678 g/mol. The highest BCUT2D eigenvalue weighted by Gasteiger charge is 2.56. The van der Waals surface area contributed by atoms with E-state index in [-0.39, 0.29) is 37.5 Å². The smallest absolute Gasteiger partial charge is 0.410 e. The number of carbonyl (C=O) groups excluding carboxylic acids is 4. The minimum Gasteiger partial charge on any atom is -0.444 e. The summed E-state index contributed by atoms with van der Waals surface area (Å²) in [5.41, 5.74) is 5.32. The molecule has 1 aromatic rings. The molecule has 1 spiro atoms. The van der Waals surface area contributed by atoms with Crippen molar-refractivity contribution in [3.05, 3.63) is 30.3 Å². The molecule has 1 aromatic carbocycles. The predicted molar refractivity (Wildman–Crippen MR) is 169 cm³/mol. The Labute approximate surface area is 278 Å². The molecule has 15 heteroatoms. The zero-order valence-corrected chi connectivity index (χ0v) is 27.8. The van der Waals surface area contributed by atoms with Crippen molar-refractivity contribution in [3.8, 4) is 0 Å². The lowest BCUT2D eigenvalue weighted by molar-refractivity contribution is -0.194. The van der Waals surface area contributed by atoms with Gasteiger partial charge in [0.1, 0.15) is 23.7 Å². The zero-order valence-electron chi connectivity index (χ0n) is 27.8. The summed E-state index contributed by atoms with van der Waals surface area (Å²) in [7, 11) is 0. The maximum absolute atomic E-state index is 14.2. The first-order valence-electron chi connectivity index (χ1n) is 16.9. The number of piperazine rings is 1. The van der Waals surface area contributed by atoms with Crippen LogP contribution in [0.1, 0.15) is 52.9 Å². The van der Waals surface area contributed by atoms with Gasteiger partial charge in [-0.1, -0.05) is 18.2 Å². The molecule has 4 aliphatic heterocycles. The first-order valence-corrected chi connectivity index (χ1v) is 16.9. The summed E-state index contributed by atoms with van der Waals surface area (Å²) in [5.74, 6) is -0.381. The van der Waals surface area contributed by atoms with Gasteiger partial charge in [0.25, 0.3) is 5.91 Å². The largest absolute Gasteiger partial charge is 0.444 e. The normalized spacial score (nSPS) is 27.8. The number of piperidine rings is 1. The van der Waals surface area contributed by atoms with Crippen LogP contribution in [0, 0.1) is 11.8 Å². The molecule has 3 unspecified atom stereocenters. The summed E-state index contributed by atoms with van der Waals surface area (Å²) in [6.45, 7) is 4.85. The Morgan fingerprint density at radius 1 is 0.979 bits per heavy atom. The van der Waals surface area contributed by atoms with Gasteiger partial charge in [-0.15, -0.1) is 0 Å². The second-order valence-corrected chi connectivity index (χ2v) is 14.7. The molecule has 6 rings (SSSR count). The minimum atomic E-state index is -4.79. The van der Waals surface area contributed by atoms with Gasteiger partial charge in [-0.3, -0.25) is 30.1 Å². The Kier molecular flexibility index (Phi) is 9.31. The molecule has 0 radical (unpaired) electrons. The van der Waals surface area contributed by atoms with Gasteiger partial charge in [-0.05, 0) is 70.9 Å². The molecular formula is C33H46F3N7O5. The van der Waals surface area contributed by atoms with Crippen LogP contribution in [0.4, 0.5) is 23.7 Å². The van der Waals surface area contributed by atoms with E-state index < -0.39 is 48.4 Å². The molecule has 4 atom stereocenters. The third kappa shape index (κ3) is 6.80. The molecule has 2 N–H and O–H groups in total. The van der Waals surface area contributed by atoms with Gasteiger partial charge in [0, 0.05) is 50.4 Å². The van der Waals surface area contributed by atoms with E-state index in [2.05, 4.69) is 10.9 Å². The van der Waals surface area contributed by atoms with E-state index in [1.807, 2.05) is 40.1 Å². The summed E-state index contributed by atoms with van der Waals surface area (Å²) in [6.07, 6.45) is -2.53. The molecule has 12 nitrogen and oxygen atoms in total. The van der Waals surface area contributed by atoms with Gasteiger partial charge in [-0.2, -0.15) is 13.2 Å². The number of nitrogens with zero attached hydrogens (tertiary/aromatic N) is 5. The third-order valence-corrected chi connectivity index (χ3v) is 10.5. The van der Waals surface area contributed by atoms with Crippen molar-refractivity contribution in [2.75, 3.05) is 57.4 Å². The van der Waals surface area contributed by atoms with E-state index in [4.69, 9.17) is 4.74 Å². The number of hydrogen-bond acceptors (Lipinski definition) is 8. The van der Waals surface area contributed by atoms with Gasteiger partial charge in [0.15, 0.2) is 0 Å². The Balaban J connectivity index is 1.14. The SMILES string of the molecule is CC(C)(C)OC(=O)N1CCN(C(=O)CN2CN(c3ccccc3)C3(CCN(C(=O)C4CCC5NNCC5C4)CC3)C2=O)C[C@@H]1C(F)(F)F. The number of nitrogens with one attached hydrogen (secondary N) is 2. The number of halogens is 3. The molecule has 5 aliphatic rings. The van der Waals surface area contributed by atoms with Crippen molar-refractivity contribution in [2.45, 2.75) is 82.3 Å². The fourth-order valence-electron chi connectivity index (χ4n) is 7.99. The molecule has 4 amide bonds. The molecule has 0 bridgehead atoms. The number of alkyl halides is 3. The van der Waals surface area contributed by atoms with Crippen LogP contribution in [0.25, 0.3) is 0 Å². The van der Waals surface area contributed by atoms with Crippen molar-refractivity contribution in [1.29, 1.82) is 0 Å². The molecule has 1 aliphatic carbocycles. The van der Waals surface area contributed by atoms with Gasteiger partial charge in [-0.25, -0.2) is 4.79 Å². The number of hydrazine groups is 1. The summed E-state index contributed by atoms with van der Waals surface area (Å²) < 4.78 is 47.6. The predicted octanol–water partition coefficient (Wildman–Crippen LogP) is 2.56. The van der Waals surface area contributed by atoms with E-state index in [9.17, 15) is 32.3 Å². The summed E-state index contributed by atoms with van der Waals surface area (Å²) in [4.78, 5) is 61.0. The number of para-hydroxylation sites is 1. The van der Waals surface area contributed by atoms with Crippen LogP contribution < -0.4 is 15.8 Å². The fraction of sp³-hybridized carbons (Fsp3) is 0.697. The van der Waals surface area contributed by atoms with Crippen LogP contribution in [-0.4, -0.2) is 125 Å². The number of benzene rings is 1. The number of ether oxygens (including phenoxy) is 1. The van der Waals surface area contributed by atoms with Gasteiger partial charge < -0.3 is 24.3 Å². The molecule has 0 aromatic heterocycles. The first-order chi connectivity index (χ1) is 22.7. The second kappa shape index (κ2) is 13.0. The van der Waals surface area contributed by atoms with Crippen LogP contribution in [0.3, 0.4) is 0 Å². The summed E-state index contributed by atoms with van der Waals surface area (Å²) in [5, 5.41) is 0. The monoisotopic (exact) mass is 677 g/mol. The number of hydrogen-bond donors (Lipinski definition) is 2. The topological polar surface area (TPSA) is 118 Å². The standard InChI is InChI=1S/C33H46F3N7O5/c1-31(2,3)48-30(47)42-16-15-40(19-26(42)33(34,35)36)27(44)20-41-21-43(24-7-5-4-6-8-24)32(29(41)46)11-13-39(14-12-32)28(45)22-9-10-25-23(17-22)18-37-38-25/h4-8,22-23,25-26,37-38H,9-21H2,1-3H3/t22?,23?,25?,26-/m1/s1. The highest BCUT2D eigenvalue weighted by molar-refractivity contribution is 5.96. The molecule has 264 valence electrons. The molecule has 48 heavy (non-hydrogen) atoms. The van der Waals surface area contributed by atoms with Gasteiger partial charge in [0.05, 0.1) is 13.2 Å². The molecule has 4 heterocycles. The Bertz CT molecular complexity index is 1380. The number of carbonyl (C=O) groups is 4. The molecule has 5 fully saturated rings. The average Bonchev–Trinajstić information content (AvgIpc) is 3.62. The van der Waals surface area contributed by atoms with Crippen LogP contribution in [-0.2, 0) is 19.1 Å². The van der Waals surface area contributed by atoms with E-state index in [1.54, 1.807) is 20.8 Å². The number of anilines is 1. The number of fused-ring (bicyclic) bond motifs is 1. The van der Waals surface area contributed by atoms with Crippen molar-refractivity contribution in [1.82, 2.24) is 30.5 Å². The number of amides is 4. The lowest BCUT2D eigenvalue weighted by atomic mass is 9.77. The first kappa shape index (κ1) is 34.3. The van der Waals surface area contributed by atoms with Crippen molar-refractivity contribution in [2.24, 2.45) is 11.8 Å². The van der Waals surface area contributed by atoms with E-state index >= 15 is 0 Å². The molecular weight excluding hydrogens is 631 g/mol. The van der Waals surface area contributed by atoms with Gasteiger partial charge in [0.2, 0.25) is 11.8 Å². The minimum absolute atomic E-state index is 0.0445. The van der Waals surface area contributed by atoms with E-state index in [1.165, 1.54) is 4.90 Å². The van der Waals surface area contributed by atoms with Crippen LogP contribution >= 0.6 is 0 Å². The van der Waals surface area contributed by atoms with Crippen LogP contribution in [0.2, 0.25) is 0 Å². The Hall–Kier alpha value is -3.59. The lowest BCUT2D eigenvalue weighted by Crippen LogP contribution is -2.63. The van der Waals surface area contributed by atoms with Crippen molar-refractivity contribution >= 4 is 29.5 Å².